The molecule has 2 nitrogen and oxygen atoms in total. The zero-order chi connectivity index (χ0) is 12.3. The molecule has 0 saturated carbocycles. The lowest BCUT2D eigenvalue weighted by Crippen LogP contribution is -2.34. The zero-order valence-electron chi connectivity index (χ0n) is 11.5. The smallest absolute Gasteiger partial charge is 0.123 e. The minimum Gasteiger partial charge on any atom is -0.490 e. The van der Waals surface area contributed by atoms with Crippen LogP contribution >= 0.6 is 12.4 Å². The van der Waals surface area contributed by atoms with E-state index < -0.39 is 0 Å². The van der Waals surface area contributed by atoms with Crippen LogP contribution < -0.4 is 10.1 Å². The second-order valence-electron chi connectivity index (χ2n) is 5.81. The topological polar surface area (TPSA) is 21.3 Å². The Bertz CT molecular complexity index is 367. The van der Waals surface area contributed by atoms with Gasteiger partial charge in [-0.2, -0.15) is 0 Å². The van der Waals surface area contributed by atoms with Crippen molar-refractivity contribution in [3.63, 3.8) is 0 Å². The Hall–Kier alpha value is -0.730. The van der Waals surface area contributed by atoms with E-state index in [0.29, 0.717) is 6.10 Å². The first-order valence-corrected chi connectivity index (χ1v) is 6.54. The van der Waals surface area contributed by atoms with E-state index in [2.05, 4.69) is 50.4 Å². The Kier molecular flexibility index (Phi) is 5.48. The molecule has 0 amide bonds. The summed E-state index contributed by atoms with van der Waals surface area (Å²) in [5.41, 5.74) is 1.45. The highest BCUT2D eigenvalue weighted by Crippen LogP contribution is 2.32. The van der Waals surface area contributed by atoms with Gasteiger partial charge in [-0.15, -0.1) is 12.4 Å². The maximum Gasteiger partial charge on any atom is 0.123 e. The fourth-order valence-corrected chi connectivity index (χ4v) is 2.28. The summed E-state index contributed by atoms with van der Waals surface area (Å²) in [5, 5.41) is 3.37. The predicted octanol–water partition coefficient (Wildman–Crippen LogP) is 3.54. The molecule has 0 spiro atoms. The first-order chi connectivity index (χ1) is 8.07. The number of halogens is 1. The van der Waals surface area contributed by atoms with Gasteiger partial charge >= 0.3 is 0 Å². The van der Waals surface area contributed by atoms with Gasteiger partial charge in [-0.05, 0) is 43.0 Å². The van der Waals surface area contributed by atoms with Crippen molar-refractivity contribution in [3.05, 3.63) is 29.8 Å². The Morgan fingerprint density at radius 3 is 2.33 bits per heavy atom. The highest BCUT2D eigenvalue weighted by Gasteiger charge is 2.21. The molecular formula is C15H24ClNO. The molecule has 0 atom stereocenters. The Morgan fingerprint density at radius 1 is 1.11 bits per heavy atom. The summed E-state index contributed by atoms with van der Waals surface area (Å²) in [7, 11) is 0. The molecule has 1 aliphatic rings. The van der Waals surface area contributed by atoms with Crippen LogP contribution in [0.3, 0.4) is 0 Å². The standard InChI is InChI=1S/C15H23NO.ClH/c1-15(2,3)13-6-4-5-7-14(13)17-12-8-10-16-11-9-12;/h4-7,12,16H,8-11H2,1-3H3;1H. The number of hydrogen-bond donors (Lipinski definition) is 1. The second-order valence-corrected chi connectivity index (χ2v) is 5.81. The molecule has 0 unspecified atom stereocenters. The van der Waals surface area contributed by atoms with Gasteiger partial charge in [0.05, 0.1) is 0 Å². The van der Waals surface area contributed by atoms with Crippen LogP contribution in [0.5, 0.6) is 5.75 Å². The lowest BCUT2D eigenvalue weighted by molar-refractivity contribution is 0.159. The summed E-state index contributed by atoms with van der Waals surface area (Å²) in [6.07, 6.45) is 2.59. The van der Waals surface area contributed by atoms with Crippen LogP contribution in [0.2, 0.25) is 0 Å². The van der Waals surface area contributed by atoms with Crippen LogP contribution in [0.4, 0.5) is 0 Å². The van der Waals surface area contributed by atoms with Crippen molar-refractivity contribution in [2.45, 2.75) is 45.1 Å². The van der Waals surface area contributed by atoms with Crippen LogP contribution in [0, 0.1) is 0 Å². The van der Waals surface area contributed by atoms with Gasteiger partial charge in [-0.1, -0.05) is 39.0 Å². The third-order valence-electron chi connectivity index (χ3n) is 3.27. The molecule has 1 aromatic rings. The van der Waals surface area contributed by atoms with Crippen molar-refractivity contribution in [3.8, 4) is 5.75 Å². The van der Waals surface area contributed by atoms with E-state index in [1.807, 2.05) is 0 Å². The van der Waals surface area contributed by atoms with Gasteiger partial charge in [0.2, 0.25) is 0 Å². The van der Waals surface area contributed by atoms with Crippen molar-refractivity contribution in [1.29, 1.82) is 0 Å². The van der Waals surface area contributed by atoms with Gasteiger partial charge in [-0.25, -0.2) is 0 Å². The number of hydrogen-bond acceptors (Lipinski definition) is 2. The molecule has 1 aliphatic heterocycles. The Balaban J connectivity index is 0.00000162. The van der Waals surface area contributed by atoms with E-state index in [-0.39, 0.29) is 17.8 Å². The third kappa shape index (κ3) is 3.89. The van der Waals surface area contributed by atoms with E-state index in [0.717, 1.165) is 31.7 Å². The Labute approximate surface area is 117 Å². The summed E-state index contributed by atoms with van der Waals surface area (Å²) in [6.45, 7) is 8.84. The monoisotopic (exact) mass is 269 g/mol. The Morgan fingerprint density at radius 2 is 1.72 bits per heavy atom. The summed E-state index contributed by atoms with van der Waals surface area (Å²) in [4.78, 5) is 0. The quantitative estimate of drug-likeness (QED) is 0.887. The molecule has 1 aromatic carbocycles. The number of piperidine rings is 1. The minimum absolute atomic E-state index is 0. The zero-order valence-corrected chi connectivity index (χ0v) is 12.3. The van der Waals surface area contributed by atoms with Crippen molar-refractivity contribution < 1.29 is 4.74 Å². The van der Waals surface area contributed by atoms with Crippen molar-refractivity contribution in [1.82, 2.24) is 5.32 Å². The molecule has 1 N–H and O–H groups in total. The second kappa shape index (κ2) is 6.44. The molecule has 102 valence electrons. The van der Waals surface area contributed by atoms with Gasteiger partial charge in [0.1, 0.15) is 11.9 Å². The molecule has 1 fully saturated rings. The molecule has 0 aromatic heterocycles. The molecule has 3 heteroatoms. The van der Waals surface area contributed by atoms with E-state index in [1.54, 1.807) is 0 Å². The van der Waals surface area contributed by atoms with Gasteiger partial charge < -0.3 is 10.1 Å². The fraction of sp³-hybridized carbons (Fsp3) is 0.600. The van der Waals surface area contributed by atoms with Crippen LogP contribution in [-0.4, -0.2) is 19.2 Å². The van der Waals surface area contributed by atoms with E-state index >= 15 is 0 Å². The summed E-state index contributed by atoms with van der Waals surface area (Å²) < 4.78 is 6.17. The van der Waals surface area contributed by atoms with Crippen molar-refractivity contribution in [2.24, 2.45) is 0 Å². The number of para-hydroxylation sites is 1. The number of ether oxygens (including phenoxy) is 1. The maximum atomic E-state index is 6.17. The number of rotatable bonds is 2. The largest absolute Gasteiger partial charge is 0.490 e. The highest BCUT2D eigenvalue weighted by molar-refractivity contribution is 5.85. The predicted molar refractivity (Wildman–Crippen MR) is 78.9 cm³/mol. The maximum absolute atomic E-state index is 6.17. The molecule has 2 rings (SSSR count). The highest BCUT2D eigenvalue weighted by atomic mass is 35.5. The molecule has 1 saturated heterocycles. The first kappa shape index (κ1) is 15.3. The average Bonchev–Trinajstić information content (AvgIpc) is 2.30. The van der Waals surface area contributed by atoms with Crippen LogP contribution in [0.15, 0.2) is 24.3 Å². The molecule has 0 bridgehead atoms. The lowest BCUT2D eigenvalue weighted by Gasteiger charge is -2.28. The van der Waals surface area contributed by atoms with Gasteiger partial charge in [0, 0.05) is 0 Å². The van der Waals surface area contributed by atoms with E-state index in [4.69, 9.17) is 4.74 Å². The third-order valence-corrected chi connectivity index (χ3v) is 3.27. The normalized spacial score (nSPS) is 17.1. The van der Waals surface area contributed by atoms with Crippen LogP contribution in [-0.2, 0) is 5.41 Å². The molecule has 0 radical (unpaired) electrons. The fourth-order valence-electron chi connectivity index (χ4n) is 2.28. The molecule has 18 heavy (non-hydrogen) atoms. The first-order valence-electron chi connectivity index (χ1n) is 6.54. The summed E-state index contributed by atoms with van der Waals surface area (Å²) >= 11 is 0. The summed E-state index contributed by atoms with van der Waals surface area (Å²) in [5.74, 6) is 1.06. The van der Waals surface area contributed by atoms with Gasteiger partial charge in [0.15, 0.2) is 0 Å². The van der Waals surface area contributed by atoms with E-state index in [1.165, 1.54) is 5.56 Å². The average molecular weight is 270 g/mol. The molecule has 0 aliphatic carbocycles. The van der Waals surface area contributed by atoms with Crippen molar-refractivity contribution >= 4 is 12.4 Å². The van der Waals surface area contributed by atoms with Crippen molar-refractivity contribution in [2.75, 3.05) is 13.1 Å². The SMILES string of the molecule is CC(C)(C)c1ccccc1OC1CCNCC1.Cl. The molecular weight excluding hydrogens is 246 g/mol. The summed E-state index contributed by atoms with van der Waals surface area (Å²) in [6, 6.07) is 8.43. The van der Waals surface area contributed by atoms with Crippen LogP contribution in [0.25, 0.3) is 0 Å². The molecule has 1 heterocycles. The number of benzene rings is 1. The number of nitrogens with one attached hydrogen (secondary N) is 1. The van der Waals surface area contributed by atoms with Gasteiger partial charge in [0.25, 0.3) is 0 Å². The van der Waals surface area contributed by atoms with Crippen LogP contribution in [0.1, 0.15) is 39.2 Å². The lowest BCUT2D eigenvalue weighted by atomic mass is 9.86. The van der Waals surface area contributed by atoms with Gasteiger partial charge in [-0.3, -0.25) is 0 Å². The minimum atomic E-state index is 0. The van der Waals surface area contributed by atoms with E-state index in [9.17, 15) is 0 Å².